The zero-order valence-corrected chi connectivity index (χ0v) is 20.6. The molecule has 0 spiro atoms. The van der Waals surface area contributed by atoms with Crippen molar-refractivity contribution in [3.63, 3.8) is 0 Å². The SMILES string of the molecule is CCn1[nH]c(=O)c(N[C@@H](C(=O)NC(C)C)C(C)C)c(Nc2cccc(C(=O)N(C)C)c2O)c1=O. The predicted octanol–water partition coefficient (Wildman–Crippen LogP) is 1.67. The molecule has 11 heteroatoms. The molecule has 2 aromatic rings. The van der Waals surface area contributed by atoms with Gasteiger partial charge in [0.15, 0.2) is 5.75 Å². The number of aromatic hydroxyl groups is 1. The summed E-state index contributed by atoms with van der Waals surface area (Å²) >= 11 is 0. The van der Waals surface area contributed by atoms with Crippen molar-refractivity contribution in [3.05, 3.63) is 44.5 Å². The van der Waals surface area contributed by atoms with Crippen LogP contribution in [0.25, 0.3) is 0 Å². The number of aromatic nitrogens is 2. The van der Waals surface area contributed by atoms with Gasteiger partial charge in [0.05, 0.1) is 11.3 Å². The molecule has 2 rings (SSSR count). The molecule has 2 amide bonds. The van der Waals surface area contributed by atoms with Crippen LogP contribution in [0, 0.1) is 5.92 Å². The maximum atomic E-state index is 13.1. The fourth-order valence-corrected chi connectivity index (χ4v) is 3.32. The Bertz CT molecular complexity index is 1170. The molecular formula is C23H34N6O5. The van der Waals surface area contributed by atoms with Crippen LogP contribution in [0.4, 0.5) is 17.1 Å². The van der Waals surface area contributed by atoms with Crippen molar-refractivity contribution >= 4 is 28.9 Å². The van der Waals surface area contributed by atoms with Gasteiger partial charge in [-0.05, 0) is 38.8 Å². The van der Waals surface area contributed by atoms with Crippen molar-refractivity contribution in [2.45, 2.75) is 53.2 Å². The van der Waals surface area contributed by atoms with Gasteiger partial charge in [-0.3, -0.25) is 24.3 Å². The van der Waals surface area contributed by atoms with Crippen molar-refractivity contribution in [2.75, 3.05) is 24.7 Å². The predicted molar refractivity (Wildman–Crippen MR) is 132 cm³/mol. The Morgan fingerprint density at radius 1 is 1.12 bits per heavy atom. The summed E-state index contributed by atoms with van der Waals surface area (Å²) in [5.74, 6) is -1.33. The number of para-hydroxylation sites is 1. The highest BCUT2D eigenvalue weighted by molar-refractivity contribution is 5.99. The molecule has 0 aliphatic heterocycles. The zero-order chi connectivity index (χ0) is 25.7. The molecule has 0 saturated carbocycles. The highest BCUT2D eigenvalue weighted by Crippen LogP contribution is 2.31. The summed E-state index contributed by atoms with van der Waals surface area (Å²) in [7, 11) is 3.10. The lowest BCUT2D eigenvalue weighted by Gasteiger charge is -2.25. The monoisotopic (exact) mass is 474 g/mol. The van der Waals surface area contributed by atoms with E-state index in [1.54, 1.807) is 27.1 Å². The quantitative estimate of drug-likeness (QED) is 0.347. The molecular weight excluding hydrogens is 440 g/mol. The summed E-state index contributed by atoms with van der Waals surface area (Å²) in [5.41, 5.74) is -1.39. The van der Waals surface area contributed by atoms with E-state index in [0.29, 0.717) is 0 Å². The summed E-state index contributed by atoms with van der Waals surface area (Å²) in [5, 5.41) is 21.8. The van der Waals surface area contributed by atoms with Gasteiger partial charge in [-0.15, -0.1) is 0 Å². The zero-order valence-electron chi connectivity index (χ0n) is 20.6. The van der Waals surface area contributed by atoms with Gasteiger partial charge in [0, 0.05) is 26.7 Å². The smallest absolute Gasteiger partial charge is 0.291 e. The third kappa shape index (κ3) is 5.77. The molecule has 0 fully saturated rings. The van der Waals surface area contributed by atoms with Crippen molar-refractivity contribution in [1.29, 1.82) is 0 Å². The number of anilines is 3. The third-order valence-corrected chi connectivity index (χ3v) is 5.10. The largest absolute Gasteiger partial charge is 0.505 e. The standard InChI is InChI=1S/C23H34N6O5/c1-8-29-23(34)18(25-15-11-9-10-14(19(15)30)22(33)28(6)7)17(21(32)27-29)26-16(12(2)3)20(31)24-13(4)5/h9-13,16,25-26,30H,8H2,1-7H3,(H,24,31)(H,27,32)/t16-/m1/s1. The van der Waals surface area contributed by atoms with Gasteiger partial charge >= 0.3 is 0 Å². The molecule has 0 bridgehead atoms. The van der Waals surface area contributed by atoms with Gasteiger partial charge in [-0.25, -0.2) is 4.68 Å². The van der Waals surface area contributed by atoms with Crippen molar-refractivity contribution in [3.8, 4) is 5.75 Å². The summed E-state index contributed by atoms with van der Waals surface area (Å²) in [6, 6.07) is 3.55. The second-order valence-corrected chi connectivity index (χ2v) is 8.80. The molecule has 1 aromatic carbocycles. The van der Waals surface area contributed by atoms with E-state index >= 15 is 0 Å². The first-order valence-corrected chi connectivity index (χ1v) is 11.1. The lowest BCUT2D eigenvalue weighted by molar-refractivity contribution is -0.123. The van der Waals surface area contributed by atoms with Crippen LogP contribution >= 0.6 is 0 Å². The van der Waals surface area contributed by atoms with Crippen LogP contribution in [-0.4, -0.2) is 57.8 Å². The van der Waals surface area contributed by atoms with E-state index in [1.807, 2.05) is 27.7 Å². The molecule has 0 radical (unpaired) electrons. The molecule has 0 aliphatic carbocycles. The van der Waals surface area contributed by atoms with Crippen LogP contribution in [-0.2, 0) is 11.3 Å². The number of H-pyrrole nitrogens is 1. The van der Waals surface area contributed by atoms with Crippen LogP contribution < -0.4 is 27.1 Å². The number of hydrogen-bond donors (Lipinski definition) is 5. The number of aryl methyl sites for hydroxylation is 1. The van der Waals surface area contributed by atoms with E-state index in [2.05, 4.69) is 21.0 Å². The molecule has 1 atom stereocenters. The Labute approximate surface area is 198 Å². The second kappa shape index (κ2) is 10.9. The molecule has 34 heavy (non-hydrogen) atoms. The van der Waals surface area contributed by atoms with Gasteiger partial charge < -0.3 is 26.0 Å². The highest BCUT2D eigenvalue weighted by Gasteiger charge is 2.27. The first-order valence-electron chi connectivity index (χ1n) is 11.1. The van der Waals surface area contributed by atoms with Crippen molar-refractivity contribution < 1.29 is 14.7 Å². The van der Waals surface area contributed by atoms with Crippen LogP contribution in [0.15, 0.2) is 27.8 Å². The minimum absolute atomic E-state index is 0.0292. The fraction of sp³-hybridized carbons (Fsp3) is 0.478. The number of benzene rings is 1. The summed E-state index contributed by atoms with van der Waals surface area (Å²) < 4.78 is 1.11. The summed E-state index contributed by atoms with van der Waals surface area (Å²) in [6.07, 6.45) is 0. The number of carbonyl (C=O) groups excluding carboxylic acids is 2. The molecule has 1 heterocycles. The minimum Gasteiger partial charge on any atom is -0.505 e. The lowest BCUT2D eigenvalue weighted by Crippen LogP contribution is -2.47. The summed E-state index contributed by atoms with van der Waals surface area (Å²) in [6.45, 7) is 9.15. The van der Waals surface area contributed by atoms with Gasteiger partial charge in [-0.2, -0.15) is 0 Å². The number of nitrogens with zero attached hydrogens (tertiary/aromatic N) is 2. The van der Waals surface area contributed by atoms with Crippen molar-refractivity contribution in [1.82, 2.24) is 20.0 Å². The number of nitrogens with one attached hydrogen (secondary N) is 4. The van der Waals surface area contributed by atoms with E-state index in [1.165, 1.54) is 17.0 Å². The highest BCUT2D eigenvalue weighted by atomic mass is 16.3. The van der Waals surface area contributed by atoms with Gasteiger partial charge in [0.2, 0.25) is 5.91 Å². The number of rotatable bonds is 9. The Hall–Kier alpha value is -3.76. The maximum Gasteiger partial charge on any atom is 0.291 e. The van der Waals surface area contributed by atoms with Gasteiger partial charge in [0.25, 0.3) is 17.0 Å². The number of phenols is 1. The summed E-state index contributed by atoms with van der Waals surface area (Å²) in [4.78, 5) is 52.6. The van der Waals surface area contributed by atoms with E-state index in [0.717, 1.165) is 4.68 Å². The first kappa shape index (κ1) is 26.5. The molecule has 186 valence electrons. The van der Waals surface area contributed by atoms with Gasteiger partial charge in [-0.1, -0.05) is 19.9 Å². The van der Waals surface area contributed by atoms with Crippen LogP contribution in [0.1, 0.15) is 45.0 Å². The van der Waals surface area contributed by atoms with E-state index < -0.39 is 23.1 Å². The average Bonchev–Trinajstić information content (AvgIpc) is 2.75. The van der Waals surface area contributed by atoms with E-state index in [9.17, 15) is 24.3 Å². The van der Waals surface area contributed by atoms with Crippen LogP contribution in [0.5, 0.6) is 5.75 Å². The van der Waals surface area contributed by atoms with Crippen LogP contribution in [0.2, 0.25) is 0 Å². The number of hydrogen-bond acceptors (Lipinski definition) is 7. The van der Waals surface area contributed by atoms with Gasteiger partial charge in [0.1, 0.15) is 17.4 Å². The molecule has 0 unspecified atom stereocenters. The number of aromatic amines is 1. The Morgan fingerprint density at radius 2 is 1.76 bits per heavy atom. The maximum absolute atomic E-state index is 13.1. The average molecular weight is 475 g/mol. The van der Waals surface area contributed by atoms with Crippen LogP contribution in [0.3, 0.4) is 0 Å². The number of phenolic OH excluding ortho intramolecular Hbond substituents is 1. The first-order chi connectivity index (χ1) is 15.9. The number of amides is 2. The second-order valence-electron chi connectivity index (χ2n) is 8.80. The molecule has 0 aliphatic rings. The normalized spacial score (nSPS) is 11.9. The molecule has 5 N–H and O–H groups in total. The third-order valence-electron chi connectivity index (χ3n) is 5.10. The topological polar surface area (TPSA) is 149 Å². The number of carbonyl (C=O) groups is 2. The molecule has 11 nitrogen and oxygen atoms in total. The van der Waals surface area contributed by atoms with E-state index in [4.69, 9.17) is 0 Å². The Morgan fingerprint density at radius 3 is 2.29 bits per heavy atom. The lowest BCUT2D eigenvalue weighted by atomic mass is 10.0. The molecule has 1 aromatic heterocycles. The molecule has 0 saturated heterocycles. The minimum atomic E-state index is -0.809. The Kier molecular flexibility index (Phi) is 8.50. The Balaban J connectivity index is 2.63. The fourth-order valence-electron chi connectivity index (χ4n) is 3.32. The van der Waals surface area contributed by atoms with E-state index in [-0.39, 0.29) is 52.8 Å². The van der Waals surface area contributed by atoms with Crippen molar-refractivity contribution in [2.24, 2.45) is 5.92 Å².